The van der Waals surface area contributed by atoms with Gasteiger partial charge in [0, 0.05) is 25.2 Å². The van der Waals surface area contributed by atoms with Crippen LogP contribution in [-0.2, 0) is 6.54 Å². The predicted molar refractivity (Wildman–Crippen MR) is 92.3 cm³/mol. The minimum atomic E-state index is -0.237. The van der Waals surface area contributed by atoms with Gasteiger partial charge in [-0.2, -0.15) is 0 Å². The van der Waals surface area contributed by atoms with Crippen molar-refractivity contribution in [1.82, 2.24) is 15.5 Å². The molecule has 24 heavy (non-hydrogen) atoms. The Labute approximate surface area is 141 Å². The number of methoxy groups -OCH3 is 1. The average Bonchev–Trinajstić information content (AvgIpc) is 2.67. The molecule has 0 unspecified atom stereocenters. The number of nitrogens with one attached hydrogen (secondary N) is 1. The monoisotopic (exact) mass is 326 g/mol. The van der Waals surface area contributed by atoms with Crippen LogP contribution in [0.5, 0.6) is 5.75 Å². The van der Waals surface area contributed by atoms with Gasteiger partial charge in [-0.1, -0.05) is 18.2 Å². The third-order valence-electron chi connectivity index (χ3n) is 4.20. The van der Waals surface area contributed by atoms with Crippen molar-refractivity contribution in [3.63, 3.8) is 0 Å². The van der Waals surface area contributed by atoms with E-state index in [1.165, 1.54) is 19.3 Å². The molecule has 0 spiro atoms. The van der Waals surface area contributed by atoms with Gasteiger partial charge in [-0.3, -0.25) is 4.79 Å². The maximum absolute atomic E-state index is 12.2. The number of benzene rings is 1. The number of hydrogen-bond donors (Lipinski definition) is 1. The van der Waals surface area contributed by atoms with Crippen molar-refractivity contribution >= 4 is 11.7 Å². The van der Waals surface area contributed by atoms with Crippen LogP contribution in [0.4, 0.5) is 5.82 Å². The molecule has 6 nitrogen and oxygen atoms in total. The molecule has 1 aliphatic heterocycles. The minimum absolute atomic E-state index is 0.237. The van der Waals surface area contributed by atoms with E-state index in [1.54, 1.807) is 13.2 Å². The number of carbonyl (C=O) groups excluding carboxylic acids is 1. The molecule has 2 heterocycles. The smallest absolute Gasteiger partial charge is 0.272 e. The second kappa shape index (κ2) is 7.77. The van der Waals surface area contributed by atoms with Gasteiger partial charge in [0.05, 0.1) is 7.11 Å². The Kier molecular flexibility index (Phi) is 5.25. The number of para-hydroxylation sites is 1. The third kappa shape index (κ3) is 3.82. The first-order valence-electron chi connectivity index (χ1n) is 8.26. The van der Waals surface area contributed by atoms with Gasteiger partial charge in [0.2, 0.25) is 0 Å². The second-order valence-electron chi connectivity index (χ2n) is 5.82. The lowest BCUT2D eigenvalue weighted by atomic mass is 10.1. The van der Waals surface area contributed by atoms with Gasteiger partial charge < -0.3 is 15.0 Å². The van der Waals surface area contributed by atoms with Gasteiger partial charge in [-0.05, 0) is 37.5 Å². The van der Waals surface area contributed by atoms with Gasteiger partial charge in [-0.25, -0.2) is 0 Å². The Morgan fingerprint density at radius 2 is 1.92 bits per heavy atom. The van der Waals surface area contributed by atoms with Crippen molar-refractivity contribution in [2.75, 3.05) is 25.1 Å². The first-order chi connectivity index (χ1) is 11.8. The van der Waals surface area contributed by atoms with Crippen LogP contribution < -0.4 is 15.0 Å². The number of aromatic nitrogens is 2. The van der Waals surface area contributed by atoms with Crippen LogP contribution in [0.3, 0.4) is 0 Å². The molecule has 6 heteroatoms. The fraction of sp³-hybridized carbons (Fsp3) is 0.389. The van der Waals surface area contributed by atoms with E-state index in [9.17, 15) is 4.79 Å². The molecule has 3 rings (SSSR count). The zero-order chi connectivity index (χ0) is 16.8. The van der Waals surface area contributed by atoms with Crippen LogP contribution in [-0.4, -0.2) is 36.3 Å². The summed E-state index contributed by atoms with van der Waals surface area (Å²) in [6, 6.07) is 11.2. The molecule has 1 fully saturated rings. The highest BCUT2D eigenvalue weighted by Gasteiger charge is 2.14. The summed E-state index contributed by atoms with van der Waals surface area (Å²) in [6.07, 6.45) is 3.64. The minimum Gasteiger partial charge on any atom is -0.496 e. The summed E-state index contributed by atoms with van der Waals surface area (Å²) in [5.74, 6) is 1.36. The number of rotatable bonds is 5. The molecule has 1 N–H and O–H groups in total. The van der Waals surface area contributed by atoms with Gasteiger partial charge in [0.15, 0.2) is 11.5 Å². The van der Waals surface area contributed by atoms with Crippen molar-refractivity contribution in [3.8, 4) is 5.75 Å². The molecular formula is C18H22N4O2. The van der Waals surface area contributed by atoms with E-state index in [2.05, 4.69) is 20.4 Å². The van der Waals surface area contributed by atoms with Crippen molar-refractivity contribution in [1.29, 1.82) is 0 Å². The number of piperidine rings is 1. The van der Waals surface area contributed by atoms with Crippen LogP contribution in [0.1, 0.15) is 35.3 Å². The van der Waals surface area contributed by atoms with E-state index >= 15 is 0 Å². The number of anilines is 1. The Morgan fingerprint density at radius 1 is 1.12 bits per heavy atom. The SMILES string of the molecule is COc1ccccc1CNC(=O)c1ccc(N2CCCCC2)nn1. The zero-order valence-corrected chi connectivity index (χ0v) is 13.9. The van der Waals surface area contributed by atoms with Crippen LogP contribution in [0, 0.1) is 0 Å². The summed E-state index contributed by atoms with van der Waals surface area (Å²) in [4.78, 5) is 14.5. The maximum Gasteiger partial charge on any atom is 0.272 e. The molecule has 2 aromatic rings. The average molecular weight is 326 g/mol. The lowest BCUT2D eigenvalue weighted by Gasteiger charge is -2.27. The van der Waals surface area contributed by atoms with Crippen molar-refractivity contribution in [3.05, 3.63) is 47.7 Å². The number of ether oxygens (including phenoxy) is 1. The molecule has 1 aromatic carbocycles. The molecule has 1 amide bonds. The molecule has 0 atom stereocenters. The van der Waals surface area contributed by atoms with Crippen LogP contribution >= 0.6 is 0 Å². The number of carbonyl (C=O) groups is 1. The molecule has 126 valence electrons. The van der Waals surface area contributed by atoms with Crippen LogP contribution in [0.25, 0.3) is 0 Å². The zero-order valence-electron chi connectivity index (χ0n) is 13.9. The number of hydrogen-bond acceptors (Lipinski definition) is 5. The van der Waals surface area contributed by atoms with E-state index in [-0.39, 0.29) is 5.91 Å². The molecule has 0 aliphatic carbocycles. The molecule has 0 bridgehead atoms. The third-order valence-corrected chi connectivity index (χ3v) is 4.20. The quantitative estimate of drug-likeness (QED) is 0.914. The van der Waals surface area contributed by atoms with Crippen LogP contribution in [0.2, 0.25) is 0 Å². The summed E-state index contributed by atoms with van der Waals surface area (Å²) in [6.45, 7) is 2.40. The predicted octanol–water partition coefficient (Wildman–Crippen LogP) is 2.41. The standard InChI is InChI=1S/C18H22N4O2/c1-24-16-8-4-3-7-14(16)13-19-18(23)15-9-10-17(21-20-15)22-11-5-2-6-12-22/h3-4,7-10H,2,5-6,11-13H2,1H3,(H,19,23). The molecule has 1 aromatic heterocycles. The summed E-state index contributed by atoms with van der Waals surface area (Å²) in [5.41, 5.74) is 1.25. The van der Waals surface area contributed by atoms with Crippen molar-refractivity contribution in [2.45, 2.75) is 25.8 Å². The van der Waals surface area contributed by atoms with E-state index in [0.717, 1.165) is 30.2 Å². The Balaban J connectivity index is 1.60. The van der Waals surface area contributed by atoms with Gasteiger partial charge >= 0.3 is 0 Å². The highest BCUT2D eigenvalue weighted by molar-refractivity contribution is 5.92. The van der Waals surface area contributed by atoms with E-state index < -0.39 is 0 Å². The summed E-state index contributed by atoms with van der Waals surface area (Å²) in [7, 11) is 1.62. The Morgan fingerprint density at radius 3 is 2.62 bits per heavy atom. The fourth-order valence-electron chi connectivity index (χ4n) is 2.85. The second-order valence-corrected chi connectivity index (χ2v) is 5.82. The first kappa shape index (κ1) is 16.2. The first-order valence-corrected chi connectivity index (χ1v) is 8.26. The highest BCUT2D eigenvalue weighted by atomic mass is 16.5. The van der Waals surface area contributed by atoms with E-state index in [4.69, 9.17) is 4.74 Å². The molecular weight excluding hydrogens is 304 g/mol. The van der Waals surface area contributed by atoms with Gasteiger partial charge in [0.25, 0.3) is 5.91 Å². The molecule has 1 saturated heterocycles. The highest BCUT2D eigenvalue weighted by Crippen LogP contribution is 2.18. The van der Waals surface area contributed by atoms with Gasteiger partial charge in [-0.15, -0.1) is 10.2 Å². The lowest BCUT2D eigenvalue weighted by molar-refractivity contribution is 0.0944. The maximum atomic E-state index is 12.2. The topological polar surface area (TPSA) is 67.3 Å². The summed E-state index contributed by atoms with van der Waals surface area (Å²) < 4.78 is 5.28. The fourth-order valence-corrected chi connectivity index (χ4v) is 2.85. The normalized spacial score (nSPS) is 14.3. The summed E-state index contributed by atoms with van der Waals surface area (Å²) >= 11 is 0. The van der Waals surface area contributed by atoms with Crippen molar-refractivity contribution < 1.29 is 9.53 Å². The van der Waals surface area contributed by atoms with Crippen molar-refractivity contribution in [2.24, 2.45) is 0 Å². The molecule has 1 aliphatic rings. The Bertz CT molecular complexity index is 682. The van der Waals surface area contributed by atoms with E-state index in [1.807, 2.05) is 30.3 Å². The number of amides is 1. The van der Waals surface area contributed by atoms with E-state index in [0.29, 0.717) is 12.2 Å². The van der Waals surface area contributed by atoms with Gasteiger partial charge in [0.1, 0.15) is 5.75 Å². The van der Waals surface area contributed by atoms with Crippen LogP contribution in [0.15, 0.2) is 36.4 Å². The Hall–Kier alpha value is -2.63. The molecule has 0 saturated carbocycles. The molecule has 0 radical (unpaired) electrons. The largest absolute Gasteiger partial charge is 0.496 e. The lowest BCUT2D eigenvalue weighted by Crippen LogP contribution is -2.31. The summed E-state index contributed by atoms with van der Waals surface area (Å²) in [5, 5.41) is 11.1. The number of nitrogens with zero attached hydrogens (tertiary/aromatic N) is 3.